The highest BCUT2D eigenvalue weighted by Gasteiger charge is 2.34. The van der Waals surface area contributed by atoms with Gasteiger partial charge >= 0.3 is 0 Å². The van der Waals surface area contributed by atoms with Crippen LogP contribution in [-0.4, -0.2) is 86.1 Å². The molecule has 0 aromatic heterocycles. The van der Waals surface area contributed by atoms with Crippen molar-refractivity contribution in [3.8, 4) is 0 Å². The Labute approximate surface area is 203 Å². The first kappa shape index (κ1) is 25.0. The molecular weight excluding hydrogens is 475 g/mol. The molecule has 186 valence electrons. The van der Waals surface area contributed by atoms with Gasteiger partial charge in [-0.1, -0.05) is 12.1 Å². The van der Waals surface area contributed by atoms with Crippen LogP contribution < -0.4 is 5.32 Å². The summed E-state index contributed by atoms with van der Waals surface area (Å²) in [5, 5.41) is 2.83. The lowest BCUT2D eigenvalue weighted by Gasteiger charge is -2.33. The second-order valence-corrected chi connectivity index (χ2v) is 10.4. The van der Waals surface area contributed by atoms with Crippen LogP contribution in [0.5, 0.6) is 0 Å². The fraction of sp³-hybridized carbons (Fsp3) is 0.375. The Balaban J connectivity index is 1.14. The normalized spacial score (nSPS) is 17.0. The van der Waals surface area contributed by atoms with E-state index in [4.69, 9.17) is 0 Å². The molecule has 0 saturated carbocycles. The zero-order valence-electron chi connectivity index (χ0n) is 19.2. The summed E-state index contributed by atoms with van der Waals surface area (Å²) in [6, 6.07) is 11.5. The SMILES string of the molecule is O=C(CCCN1C(=O)c2ccccc2C1=O)NCCN1CCN(S(=O)(=O)c2ccc(F)cc2)CC1. The van der Waals surface area contributed by atoms with Gasteiger partial charge in [0.1, 0.15) is 5.82 Å². The van der Waals surface area contributed by atoms with Crippen LogP contribution in [0.15, 0.2) is 53.4 Å². The van der Waals surface area contributed by atoms with E-state index in [-0.39, 0.29) is 35.6 Å². The van der Waals surface area contributed by atoms with Crippen molar-refractivity contribution in [1.29, 1.82) is 0 Å². The van der Waals surface area contributed by atoms with E-state index in [2.05, 4.69) is 10.2 Å². The van der Waals surface area contributed by atoms with Crippen LogP contribution in [0.1, 0.15) is 33.6 Å². The molecule has 2 aromatic carbocycles. The van der Waals surface area contributed by atoms with Crippen LogP contribution in [0.2, 0.25) is 0 Å². The number of halogens is 1. The number of hydrogen-bond donors (Lipinski definition) is 1. The van der Waals surface area contributed by atoms with Gasteiger partial charge in [-0.3, -0.25) is 24.2 Å². The van der Waals surface area contributed by atoms with Gasteiger partial charge in [0.15, 0.2) is 0 Å². The molecule has 2 heterocycles. The fourth-order valence-corrected chi connectivity index (χ4v) is 5.65. The molecule has 2 aromatic rings. The zero-order valence-corrected chi connectivity index (χ0v) is 20.0. The first-order chi connectivity index (χ1) is 16.8. The standard InChI is InChI=1S/C24H27FN4O5S/c25-18-7-9-19(10-8-18)35(33,34)28-16-14-27(15-17-28)13-11-26-22(30)6-3-12-29-23(31)20-4-1-2-5-21(20)24(29)32/h1-2,4-5,7-10H,3,6,11-17H2,(H,26,30). The maximum atomic E-state index is 13.1. The Morgan fingerprint density at radius 2 is 1.49 bits per heavy atom. The van der Waals surface area contributed by atoms with Crippen molar-refractivity contribution < 1.29 is 27.2 Å². The average molecular weight is 503 g/mol. The third-order valence-electron chi connectivity index (χ3n) is 6.20. The number of piperazine rings is 1. The van der Waals surface area contributed by atoms with Gasteiger partial charge < -0.3 is 5.32 Å². The fourth-order valence-electron chi connectivity index (χ4n) is 4.23. The maximum Gasteiger partial charge on any atom is 0.261 e. The molecule has 0 unspecified atom stereocenters. The van der Waals surface area contributed by atoms with Crippen LogP contribution >= 0.6 is 0 Å². The molecule has 4 rings (SSSR count). The summed E-state index contributed by atoms with van der Waals surface area (Å²) in [5.74, 6) is -1.31. The van der Waals surface area contributed by atoms with Crippen LogP contribution in [0.3, 0.4) is 0 Å². The van der Waals surface area contributed by atoms with Crippen LogP contribution in [0.4, 0.5) is 4.39 Å². The number of imide groups is 1. The number of nitrogens with one attached hydrogen (secondary N) is 1. The number of hydrogen-bond acceptors (Lipinski definition) is 6. The molecule has 35 heavy (non-hydrogen) atoms. The number of carbonyl (C=O) groups is 3. The highest BCUT2D eigenvalue weighted by atomic mass is 32.2. The van der Waals surface area contributed by atoms with Gasteiger partial charge in [0.2, 0.25) is 15.9 Å². The minimum atomic E-state index is -3.66. The van der Waals surface area contributed by atoms with Crippen molar-refractivity contribution >= 4 is 27.7 Å². The van der Waals surface area contributed by atoms with E-state index < -0.39 is 15.8 Å². The predicted octanol–water partition coefficient (Wildman–Crippen LogP) is 1.32. The Kier molecular flexibility index (Phi) is 7.58. The molecule has 11 heteroatoms. The molecule has 1 saturated heterocycles. The van der Waals surface area contributed by atoms with Crippen LogP contribution in [0.25, 0.3) is 0 Å². The molecule has 0 spiro atoms. The van der Waals surface area contributed by atoms with Crippen molar-refractivity contribution in [2.75, 3.05) is 45.8 Å². The summed E-state index contributed by atoms with van der Waals surface area (Å²) >= 11 is 0. The molecule has 3 amide bonds. The predicted molar refractivity (Wildman–Crippen MR) is 126 cm³/mol. The van der Waals surface area contributed by atoms with E-state index in [1.54, 1.807) is 24.3 Å². The minimum Gasteiger partial charge on any atom is -0.355 e. The van der Waals surface area contributed by atoms with Gasteiger partial charge in [0.05, 0.1) is 16.0 Å². The summed E-state index contributed by atoms with van der Waals surface area (Å²) in [5.41, 5.74) is 0.792. The van der Waals surface area contributed by atoms with Gasteiger partial charge in [-0.2, -0.15) is 4.31 Å². The highest BCUT2D eigenvalue weighted by molar-refractivity contribution is 7.89. The molecule has 2 aliphatic rings. The summed E-state index contributed by atoms with van der Waals surface area (Å²) in [7, 11) is -3.66. The summed E-state index contributed by atoms with van der Waals surface area (Å²) in [4.78, 5) is 40.2. The van der Waals surface area contributed by atoms with E-state index in [1.165, 1.54) is 21.3 Å². The maximum absolute atomic E-state index is 13.1. The van der Waals surface area contributed by atoms with Gasteiger partial charge in [-0.05, 0) is 42.8 Å². The van der Waals surface area contributed by atoms with Gasteiger partial charge in [-0.25, -0.2) is 12.8 Å². The molecular formula is C24H27FN4O5S. The number of sulfonamides is 1. The third kappa shape index (κ3) is 5.58. The summed E-state index contributed by atoms with van der Waals surface area (Å²) in [6.07, 6.45) is 0.564. The smallest absolute Gasteiger partial charge is 0.261 e. The number of carbonyl (C=O) groups excluding carboxylic acids is 3. The second kappa shape index (κ2) is 10.6. The zero-order chi connectivity index (χ0) is 25.0. The largest absolute Gasteiger partial charge is 0.355 e. The summed E-state index contributed by atoms with van der Waals surface area (Å²) in [6.45, 7) is 2.85. The first-order valence-electron chi connectivity index (χ1n) is 11.5. The average Bonchev–Trinajstić information content (AvgIpc) is 3.10. The van der Waals surface area contributed by atoms with E-state index in [0.717, 1.165) is 12.1 Å². The van der Waals surface area contributed by atoms with E-state index in [9.17, 15) is 27.2 Å². The summed E-state index contributed by atoms with van der Waals surface area (Å²) < 4.78 is 39.9. The monoisotopic (exact) mass is 502 g/mol. The van der Waals surface area contributed by atoms with Crippen molar-refractivity contribution in [2.45, 2.75) is 17.7 Å². The Morgan fingerprint density at radius 3 is 2.09 bits per heavy atom. The van der Waals surface area contributed by atoms with E-state index >= 15 is 0 Å². The van der Waals surface area contributed by atoms with Crippen molar-refractivity contribution in [3.63, 3.8) is 0 Å². The molecule has 0 radical (unpaired) electrons. The van der Waals surface area contributed by atoms with Crippen molar-refractivity contribution in [3.05, 3.63) is 65.5 Å². The third-order valence-corrected chi connectivity index (χ3v) is 8.11. The van der Waals surface area contributed by atoms with Crippen LogP contribution in [-0.2, 0) is 14.8 Å². The van der Waals surface area contributed by atoms with Crippen molar-refractivity contribution in [2.24, 2.45) is 0 Å². The molecule has 0 aliphatic carbocycles. The number of benzene rings is 2. The Hall–Kier alpha value is -3.15. The van der Waals surface area contributed by atoms with Gasteiger partial charge in [0, 0.05) is 52.2 Å². The number of fused-ring (bicyclic) bond motifs is 1. The minimum absolute atomic E-state index is 0.0702. The molecule has 0 bridgehead atoms. The Bertz CT molecular complexity index is 1180. The molecule has 9 nitrogen and oxygen atoms in total. The van der Waals surface area contributed by atoms with Gasteiger partial charge in [0.25, 0.3) is 11.8 Å². The van der Waals surface area contributed by atoms with Gasteiger partial charge in [-0.15, -0.1) is 0 Å². The lowest BCUT2D eigenvalue weighted by molar-refractivity contribution is -0.121. The lowest BCUT2D eigenvalue weighted by atomic mass is 10.1. The number of amides is 3. The molecule has 2 aliphatic heterocycles. The second-order valence-electron chi connectivity index (χ2n) is 8.46. The number of rotatable bonds is 9. The molecule has 1 N–H and O–H groups in total. The highest BCUT2D eigenvalue weighted by Crippen LogP contribution is 2.22. The quantitative estimate of drug-likeness (QED) is 0.519. The number of nitrogens with zero attached hydrogens (tertiary/aromatic N) is 3. The van der Waals surface area contributed by atoms with E-state index in [1.807, 2.05) is 0 Å². The molecule has 1 fully saturated rings. The van der Waals surface area contributed by atoms with Crippen LogP contribution in [0, 0.1) is 5.82 Å². The lowest BCUT2D eigenvalue weighted by Crippen LogP contribution is -2.50. The first-order valence-corrected chi connectivity index (χ1v) is 12.9. The topological polar surface area (TPSA) is 107 Å². The molecule has 0 atom stereocenters. The van der Waals surface area contributed by atoms with E-state index in [0.29, 0.717) is 56.8 Å². The Morgan fingerprint density at radius 1 is 0.886 bits per heavy atom. The van der Waals surface area contributed by atoms with Crippen molar-refractivity contribution in [1.82, 2.24) is 19.4 Å².